The first kappa shape index (κ1) is 22.5. The molecule has 4 aliphatic rings. The van der Waals surface area contributed by atoms with Crippen molar-refractivity contribution in [2.75, 3.05) is 46.4 Å². The number of carbonyl (C=O) groups is 2. The van der Waals surface area contributed by atoms with Crippen LogP contribution in [0.4, 0.5) is 0 Å². The van der Waals surface area contributed by atoms with Crippen LogP contribution in [0, 0.1) is 11.3 Å². The zero-order chi connectivity index (χ0) is 22.8. The lowest BCUT2D eigenvalue weighted by atomic mass is 9.89. The van der Waals surface area contributed by atoms with Crippen LogP contribution < -0.4 is 4.74 Å². The SMILES string of the molecule is COc1ccccc1CN1CCN(C(=O)[C@H]2CC23CCN(C(=O)C2=CCCCC2)CC3)CC1. The predicted octanol–water partition coefficient (Wildman–Crippen LogP) is 3.47. The summed E-state index contributed by atoms with van der Waals surface area (Å²) in [6, 6.07) is 8.17. The Labute approximate surface area is 197 Å². The van der Waals surface area contributed by atoms with Gasteiger partial charge >= 0.3 is 0 Å². The summed E-state index contributed by atoms with van der Waals surface area (Å²) in [4.78, 5) is 32.6. The Morgan fingerprint density at radius 3 is 2.45 bits per heavy atom. The number of allylic oxidation sites excluding steroid dienone is 1. The van der Waals surface area contributed by atoms with Gasteiger partial charge in [0.05, 0.1) is 7.11 Å². The van der Waals surface area contributed by atoms with Crippen molar-refractivity contribution in [2.24, 2.45) is 11.3 Å². The molecular formula is C27H37N3O3. The summed E-state index contributed by atoms with van der Waals surface area (Å²) in [7, 11) is 1.72. The van der Waals surface area contributed by atoms with E-state index in [-0.39, 0.29) is 17.2 Å². The van der Waals surface area contributed by atoms with Gasteiger partial charge in [0.15, 0.2) is 0 Å². The highest BCUT2D eigenvalue weighted by Gasteiger charge is 2.59. The molecule has 0 unspecified atom stereocenters. The number of piperidine rings is 1. The number of hydrogen-bond acceptors (Lipinski definition) is 4. The molecular weight excluding hydrogens is 414 g/mol. The van der Waals surface area contributed by atoms with Crippen molar-refractivity contribution in [1.29, 1.82) is 0 Å². The molecule has 0 bridgehead atoms. The van der Waals surface area contributed by atoms with Crippen LogP contribution in [-0.4, -0.2) is 72.9 Å². The molecule has 6 nitrogen and oxygen atoms in total. The lowest BCUT2D eigenvalue weighted by Crippen LogP contribution is -2.49. The zero-order valence-corrected chi connectivity index (χ0v) is 19.9. The molecule has 3 fully saturated rings. The van der Waals surface area contributed by atoms with Crippen molar-refractivity contribution in [2.45, 2.75) is 51.5 Å². The Morgan fingerprint density at radius 1 is 1.00 bits per heavy atom. The van der Waals surface area contributed by atoms with Gasteiger partial charge in [0.2, 0.25) is 11.8 Å². The van der Waals surface area contributed by atoms with E-state index in [0.29, 0.717) is 5.91 Å². The van der Waals surface area contributed by atoms with Gasteiger partial charge in [-0.05, 0) is 56.4 Å². The Balaban J connectivity index is 1.09. The normalized spacial score (nSPS) is 25.0. The number of carbonyl (C=O) groups excluding carboxylic acids is 2. The molecule has 1 spiro atoms. The van der Waals surface area contributed by atoms with Crippen molar-refractivity contribution in [1.82, 2.24) is 14.7 Å². The summed E-state index contributed by atoms with van der Waals surface area (Å²) in [5.41, 5.74) is 2.38. The standard InChI is InChI=1S/C27H37N3O3/c1-33-24-10-6-5-9-22(24)20-28-15-17-30(18-16-28)26(32)23-19-27(23)11-13-29(14-12-27)25(31)21-7-3-2-4-8-21/h5-7,9-10,23H,2-4,8,11-20H2,1H3/t23-/m1/s1. The molecule has 1 saturated carbocycles. The molecule has 1 aromatic carbocycles. The van der Waals surface area contributed by atoms with E-state index in [1.165, 1.54) is 12.0 Å². The molecule has 0 aromatic heterocycles. The molecule has 2 aliphatic carbocycles. The number of benzene rings is 1. The average molecular weight is 452 g/mol. The average Bonchev–Trinajstić information content (AvgIpc) is 3.58. The first-order valence-electron chi connectivity index (χ1n) is 12.7. The lowest BCUT2D eigenvalue weighted by Gasteiger charge is -2.37. The van der Waals surface area contributed by atoms with E-state index >= 15 is 0 Å². The van der Waals surface area contributed by atoms with Crippen LogP contribution in [0.2, 0.25) is 0 Å². The van der Waals surface area contributed by atoms with Gasteiger partial charge in [-0.3, -0.25) is 14.5 Å². The second-order valence-electron chi connectivity index (χ2n) is 10.3. The third kappa shape index (κ3) is 4.68. The van der Waals surface area contributed by atoms with Crippen molar-refractivity contribution in [3.05, 3.63) is 41.5 Å². The van der Waals surface area contributed by atoms with Crippen LogP contribution >= 0.6 is 0 Å². The van der Waals surface area contributed by atoms with Crippen molar-refractivity contribution >= 4 is 11.8 Å². The summed E-state index contributed by atoms with van der Waals surface area (Å²) in [6.45, 7) is 5.90. The van der Waals surface area contributed by atoms with Crippen LogP contribution in [0.15, 0.2) is 35.9 Å². The van der Waals surface area contributed by atoms with Crippen LogP contribution in [0.25, 0.3) is 0 Å². The van der Waals surface area contributed by atoms with E-state index in [4.69, 9.17) is 4.74 Å². The number of ether oxygens (including phenoxy) is 1. The highest BCUT2D eigenvalue weighted by molar-refractivity contribution is 5.93. The zero-order valence-electron chi connectivity index (χ0n) is 19.9. The van der Waals surface area contributed by atoms with Gasteiger partial charge in [-0.1, -0.05) is 24.3 Å². The van der Waals surface area contributed by atoms with Gasteiger partial charge < -0.3 is 14.5 Å². The summed E-state index contributed by atoms with van der Waals surface area (Å²) in [5, 5.41) is 0. The molecule has 0 radical (unpaired) electrons. The van der Waals surface area contributed by atoms with E-state index in [1.54, 1.807) is 7.11 Å². The molecule has 1 aromatic rings. The van der Waals surface area contributed by atoms with Gasteiger partial charge in [0.1, 0.15) is 5.75 Å². The number of methoxy groups -OCH3 is 1. The number of amides is 2. The molecule has 2 amide bonds. The minimum Gasteiger partial charge on any atom is -0.496 e. The van der Waals surface area contributed by atoms with E-state index in [9.17, 15) is 9.59 Å². The van der Waals surface area contributed by atoms with Crippen LogP contribution in [0.1, 0.15) is 50.5 Å². The summed E-state index contributed by atoms with van der Waals surface area (Å²) in [6.07, 6.45) is 9.44. The molecule has 5 rings (SSSR count). The van der Waals surface area contributed by atoms with Crippen LogP contribution in [-0.2, 0) is 16.1 Å². The minimum atomic E-state index is 0.156. The number of nitrogens with zero attached hydrogens (tertiary/aromatic N) is 3. The smallest absolute Gasteiger partial charge is 0.249 e. The number of hydrogen-bond donors (Lipinski definition) is 0. The Kier molecular flexibility index (Phi) is 6.46. The highest BCUT2D eigenvalue weighted by Crippen LogP contribution is 2.60. The number of para-hydroxylation sites is 1. The summed E-state index contributed by atoms with van der Waals surface area (Å²) in [5.74, 6) is 1.70. The minimum absolute atomic E-state index is 0.156. The fourth-order valence-electron chi connectivity index (χ4n) is 6.06. The Bertz CT molecular complexity index is 911. The Morgan fingerprint density at radius 2 is 1.76 bits per heavy atom. The maximum absolute atomic E-state index is 13.3. The van der Waals surface area contributed by atoms with E-state index in [1.807, 2.05) is 17.0 Å². The first-order valence-corrected chi connectivity index (χ1v) is 12.7. The van der Waals surface area contributed by atoms with E-state index < -0.39 is 0 Å². The second kappa shape index (κ2) is 9.49. The first-order chi connectivity index (χ1) is 16.1. The van der Waals surface area contributed by atoms with Crippen molar-refractivity contribution in [3.63, 3.8) is 0 Å². The molecule has 2 saturated heterocycles. The monoisotopic (exact) mass is 451 g/mol. The molecule has 1 atom stereocenters. The maximum atomic E-state index is 13.3. The Hall–Kier alpha value is -2.34. The number of piperazine rings is 1. The largest absolute Gasteiger partial charge is 0.496 e. The fourth-order valence-corrected chi connectivity index (χ4v) is 6.06. The molecule has 6 heteroatoms. The molecule has 33 heavy (non-hydrogen) atoms. The topological polar surface area (TPSA) is 53.1 Å². The van der Waals surface area contributed by atoms with E-state index in [0.717, 1.165) is 95.7 Å². The molecule has 178 valence electrons. The van der Waals surface area contributed by atoms with Gasteiger partial charge in [-0.2, -0.15) is 0 Å². The molecule has 2 heterocycles. The summed E-state index contributed by atoms with van der Waals surface area (Å²) >= 11 is 0. The summed E-state index contributed by atoms with van der Waals surface area (Å²) < 4.78 is 5.49. The van der Waals surface area contributed by atoms with Gasteiger partial charge in [-0.15, -0.1) is 0 Å². The van der Waals surface area contributed by atoms with Gasteiger partial charge in [0, 0.05) is 62.9 Å². The molecule has 0 N–H and O–H groups in total. The van der Waals surface area contributed by atoms with E-state index in [2.05, 4.69) is 28.0 Å². The third-order valence-corrected chi connectivity index (χ3v) is 8.37. The lowest BCUT2D eigenvalue weighted by molar-refractivity contribution is -0.135. The predicted molar refractivity (Wildman–Crippen MR) is 128 cm³/mol. The number of rotatable bonds is 5. The highest BCUT2D eigenvalue weighted by atomic mass is 16.5. The fraction of sp³-hybridized carbons (Fsp3) is 0.630. The van der Waals surface area contributed by atoms with Crippen molar-refractivity contribution in [3.8, 4) is 5.75 Å². The number of likely N-dealkylation sites (tertiary alicyclic amines) is 1. The van der Waals surface area contributed by atoms with Crippen LogP contribution in [0.3, 0.4) is 0 Å². The maximum Gasteiger partial charge on any atom is 0.249 e. The van der Waals surface area contributed by atoms with Crippen molar-refractivity contribution < 1.29 is 14.3 Å². The quantitative estimate of drug-likeness (QED) is 0.688. The third-order valence-electron chi connectivity index (χ3n) is 8.37. The van der Waals surface area contributed by atoms with Crippen LogP contribution in [0.5, 0.6) is 5.75 Å². The molecule has 2 aliphatic heterocycles. The van der Waals surface area contributed by atoms with Gasteiger partial charge in [0.25, 0.3) is 0 Å². The van der Waals surface area contributed by atoms with Gasteiger partial charge in [-0.25, -0.2) is 0 Å². The second-order valence-corrected chi connectivity index (χ2v) is 10.3.